The lowest BCUT2D eigenvalue weighted by molar-refractivity contribution is -0.0487. The van der Waals surface area contributed by atoms with E-state index in [4.69, 9.17) is 9.47 Å². The van der Waals surface area contributed by atoms with Gasteiger partial charge in [0.25, 0.3) is 0 Å². The van der Waals surface area contributed by atoms with Crippen LogP contribution in [0.1, 0.15) is 24.8 Å². The Balaban J connectivity index is 2.07. The topological polar surface area (TPSA) is 64.5 Å². The van der Waals surface area contributed by atoms with Gasteiger partial charge in [-0.1, -0.05) is 0 Å². The second-order valence-corrected chi connectivity index (χ2v) is 3.52. The molecule has 82 valence electrons. The summed E-state index contributed by atoms with van der Waals surface area (Å²) in [6.07, 6.45) is 3.95. The molecule has 0 aliphatic carbocycles. The van der Waals surface area contributed by atoms with Gasteiger partial charge in [-0.05, 0) is 6.42 Å². The molecule has 0 bridgehead atoms. The van der Waals surface area contributed by atoms with Gasteiger partial charge in [-0.3, -0.25) is 0 Å². The zero-order valence-corrected chi connectivity index (χ0v) is 8.59. The minimum Gasteiger partial charge on any atom is -0.494 e. The molecular weight excluding hydrogens is 196 g/mol. The first-order valence-corrected chi connectivity index (χ1v) is 4.95. The second kappa shape index (κ2) is 4.55. The normalized spacial score (nSPS) is 26.3. The molecule has 1 aromatic heterocycles. The molecule has 1 aliphatic heterocycles. The highest BCUT2D eigenvalue weighted by molar-refractivity contribution is 5.12. The van der Waals surface area contributed by atoms with Crippen LogP contribution in [0.15, 0.2) is 12.4 Å². The zero-order valence-electron chi connectivity index (χ0n) is 8.59. The Morgan fingerprint density at radius 1 is 1.47 bits per heavy atom. The summed E-state index contributed by atoms with van der Waals surface area (Å²) in [6.45, 7) is 0.557. The van der Waals surface area contributed by atoms with Gasteiger partial charge in [0.2, 0.25) is 0 Å². The molecule has 1 aromatic rings. The summed E-state index contributed by atoms with van der Waals surface area (Å²) in [5.41, 5.74) is 0. The van der Waals surface area contributed by atoms with E-state index in [2.05, 4.69) is 9.97 Å². The molecule has 2 unspecified atom stereocenters. The molecule has 15 heavy (non-hydrogen) atoms. The maximum Gasteiger partial charge on any atom is 0.157 e. The van der Waals surface area contributed by atoms with Gasteiger partial charge >= 0.3 is 0 Å². The molecule has 0 saturated carbocycles. The number of methoxy groups -OCH3 is 1. The van der Waals surface area contributed by atoms with Crippen LogP contribution < -0.4 is 4.74 Å². The monoisotopic (exact) mass is 210 g/mol. The van der Waals surface area contributed by atoms with Gasteiger partial charge in [0.15, 0.2) is 11.6 Å². The van der Waals surface area contributed by atoms with E-state index >= 15 is 0 Å². The third-order valence-corrected chi connectivity index (χ3v) is 2.43. The summed E-state index contributed by atoms with van der Waals surface area (Å²) in [6, 6.07) is 0. The molecular formula is C10H14N2O3. The Kier molecular flexibility index (Phi) is 3.13. The Morgan fingerprint density at radius 3 is 2.80 bits per heavy atom. The molecule has 0 radical (unpaired) electrons. The van der Waals surface area contributed by atoms with Crippen LogP contribution in [0.4, 0.5) is 0 Å². The van der Waals surface area contributed by atoms with Gasteiger partial charge in [-0.25, -0.2) is 9.97 Å². The number of aliphatic hydroxyl groups is 1. The van der Waals surface area contributed by atoms with Crippen LogP contribution in [0.2, 0.25) is 0 Å². The predicted molar refractivity (Wildman–Crippen MR) is 52.5 cm³/mol. The van der Waals surface area contributed by atoms with E-state index in [-0.39, 0.29) is 12.2 Å². The number of nitrogens with zero attached hydrogens (tertiary/aromatic N) is 2. The van der Waals surface area contributed by atoms with E-state index in [9.17, 15) is 5.11 Å². The van der Waals surface area contributed by atoms with Crippen LogP contribution in [0, 0.1) is 0 Å². The van der Waals surface area contributed by atoms with Crippen molar-refractivity contribution in [2.24, 2.45) is 0 Å². The van der Waals surface area contributed by atoms with Crippen molar-refractivity contribution in [2.45, 2.75) is 25.0 Å². The number of ether oxygens (including phenoxy) is 2. The largest absolute Gasteiger partial charge is 0.494 e. The summed E-state index contributed by atoms with van der Waals surface area (Å²) in [4.78, 5) is 8.27. The summed E-state index contributed by atoms with van der Waals surface area (Å²) in [7, 11) is 1.57. The molecule has 0 amide bonds. The average molecular weight is 210 g/mol. The van der Waals surface area contributed by atoms with Crippen molar-refractivity contribution in [3.8, 4) is 5.75 Å². The van der Waals surface area contributed by atoms with Crippen LogP contribution in [-0.4, -0.2) is 34.9 Å². The van der Waals surface area contributed by atoms with Gasteiger partial charge in [0, 0.05) is 6.42 Å². The van der Waals surface area contributed by atoms with Crippen molar-refractivity contribution in [1.29, 1.82) is 0 Å². The maximum absolute atomic E-state index is 9.48. The van der Waals surface area contributed by atoms with Crippen molar-refractivity contribution >= 4 is 0 Å². The van der Waals surface area contributed by atoms with E-state index in [0.29, 0.717) is 31.0 Å². The Hall–Kier alpha value is -1.20. The molecule has 2 atom stereocenters. The van der Waals surface area contributed by atoms with Crippen LogP contribution >= 0.6 is 0 Å². The predicted octanol–water partition coefficient (Wildman–Crippen LogP) is 0.698. The lowest BCUT2D eigenvalue weighted by atomic mass is 10.1. The van der Waals surface area contributed by atoms with Gasteiger partial charge in [-0.15, -0.1) is 0 Å². The summed E-state index contributed by atoms with van der Waals surface area (Å²) in [5.74, 6) is 1.23. The van der Waals surface area contributed by atoms with E-state index < -0.39 is 0 Å². The highest BCUT2D eigenvalue weighted by Gasteiger charge is 2.24. The molecule has 5 heteroatoms. The lowest BCUT2D eigenvalue weighted by Crippen LogP contribution is -2.24. The first kappa shape index (κ1) is 10.3. The maximum atomic E-state index is 9.48. The fourth-order valence-electron chi connectivity index (χ4n) is 1.56. The van der Waals surface area contributed by atoms with Crippen LogP contribution in [0.25, 0.3) is 0 Å². The van der Waals surface area contributed by atoms with Crippen LogP contribution in [0.3, 0.4) is 0 Å². The molecule has 2 heterocycles. The quantitative estimate of drug-likeness (QED) is 0.778. The number of hydrogen-bond acceptors (Lipinski definition) is 5. The van der Waals surface area contributed by atoms with Gasteiger partial charge in [0.1, 0.15) is 6.10 Å². The Labute approximate surface area is 88.1 Å². The molecule has 1 N–H and O–H groups in total. The minimum atomic E-state index is -0.311. The SMILES string of the molecule is COc1cnc(C2CC(O)CCO2)nc1. The van der Waals surface area contributed by atoms with Gasteiger partial charge in [0.05, 0.1) is 32.2 Å². The number of hydrogen-bond donors (Lipinski definition) is 1. The third-order valence-electron chi connectivity index (χ3n) is 2.43. The standard InChI is InChI=1S/C10H14N2O3/c1-14-8-5-11-10(12-6-8)9-4-7(13)2-3-15-9/h5-7,9,13H,2-4H2,1H3. The van der Waals surface area contributed by atoms with Crippen LogP contribution in [0.5, 0.6) is 5.75 Å². The Morgan fingerprint density at radius 2 is 2.20 bits per heavy atom. The highest BCUT2D eigenvalue weighted by atomic mass is 16.5. The van der Waals surface area contributed by atoms with Crippen molar-refractivity contribution in [1.82, 2.24) is 9.97 Å². The zero-order chi connectivity index (χ0) is 10.7. The summed E-state index contributed by atoms with van der Waals surface area (Å²) < 4.78 is 10.4. The fourth-order valence-corrected chi connectivity index (χ4v) is 1.56. The van der Waals surface area contributed by atoms with E-state index in [1.54, 1.807) is 19.5 Å². The minimum absolute atomic E-state index is 0.195. The van der Waals surface area contributed by atoms with Crippen LogP contribution in [-0.2, 0) is 4.74 Å². The first-order valence-electron chi connectivity index (χ1n) is 4.95. The third kappa shape index (κ3) is 2.43. The fraction of sp³-hybridized carbons (Fsp3) is 0.600. The molecule has 0 spiro atoms. The molecule has 1 aliphatic rings. The van der Waals surface area contributed by atoms with Gasteiger partial charge in [-0.2, -0.15) is 0 Å². The molecule has 1 saturated heterocycles. The van der Waals surface area contributed by atoms with Gasteiger partial charge < -0.3 is 14.6 Å². The van der Waals surface area contributed by atoms with Crippen molar-refractivity contribution in [3.05, 3.63) is 18.2 Å². The van der Waals surface area contributed by atoms with E-state index in [1.165, 1.54) is 0 Å². The number of rotatable bonds is 2. The van der Waals surface area contributed by atoms with Crippen molar-refractivity contribution in [3.63, 3.8) is 0 Å². The first-order chi connectivity index (χ1) is 7.29. The second-order valence-electron chi connectivity index (χ2n) is 3.52. The van der Waals surface area contributed by atoms with Crippen molar-refractivity contribution in [2.75, 3.05) is 13.7 Å². The molecule has 2 rings (SSSR count). The highest BCUT2D eigenvalue weighted by Crippen LogP contribution is 2.25. The smallest absolute Gasteiger partial charge is 0.157 e. The summed E-state index contributed by atoms with van der Waals surface area (Å²) in [5, 5.41) is 9.48. The lowest BCUT2D eigenvalue weighted by Gasteiger charge is -2.25. The molecule has 0 aromatic carbocycles. The molecule has 1 fully saturated rings. The number of aliphatic hydroxyl groups excluding tert-OH is 1. The Bertz CT molecular complexity index is 315. The van der Waals surface area contributed by atoms with E-state index in [1.807, 2.05) is 0 Å². The average Bonchev–Trinajstić information content (AvgIpc) is 2.29. The van der Waals surface area contributed by atoms with E-state index in [0.717, 1.165) is 0 Å². The summed E-state index contributed by atoms with van der Waals surface area (Å²) >= 11 is 0. The number of aromatic nitrogens is 2. The van der Waals surface area contributed by atoms with Crippen molar-refractivity contribution < 1.29 is 14.6 Å². The molecule has 5 nitrogen and oxygen atoms in total.